The van der Waals surface area contributed by atoms with Crippen LogP contribution in [0.25, 0.3) is 0 Å². The fourth-order valence-corrected chi connectivity index (χ4v) is 3.72. The average molecular weight is 484 g/mol. The van der Waals surface area contributed by atoms with E-state index in [1.807, 2.05) is 0 Å². The van der Waals surface area contributed by atoms with Gasteiger partial charge in [0.05, 0.1) is 25.5 Å². The lowest BCUT2D eigenvalue weighted by atomic mass is 10.2. The largest absolute Gasteiger partial charge is 0.497 e. The van der Waals surface area contributed by atoms with Crippen LogP contribution in [0.15, 0.2) is 53.7 Å². The molecule has 0 aliphatic rings. The van der Waals surface area contributed by atoms with Gasteiger partial charge in [-0.1, -0.05) is 17.8 Å². The summed E-state index contributed by atoms with van der Waals surface area (Å²) in [5, 5.41) is 14.5. The predicted octanol–water partition coefficient (Wildman–Crippen LogP) is 2.31. The van der Waals surface area contributed by atoms with Crippen molar-refractivity contribution < 1.29 is 23.9 Å². The van der Waals surface area contributed by atoms with Crippen LogP contribution in [0.5, 0.6) is 5.75 Å². The van der Waals surface area contributed by atoms with Crippen molar-refractivity contribution in [2.75, 3.05) is 31.8 Å². The zero-order valence-electron chi connectivity index (χ0n) is 19.0. The first kappa shape index (κ1) is 24.8. The van der Waals surface area contributed by atoms with Crippen molar-refractivity contribution in [2.45, 2.75) is 11.6 Å². The van der Waals surface area contributed by atoms with Gasteiger partial charge < -0.3 is 24.7 Å². The summed E-state index contributed by atoms with van der Waals surface area (Å²) in [5.74, 6) is 0.573. The number of esters is 1. The maximum Gasteiger partial charge on any atom is 0.337 e. The molecule has 10 nitrogen and oxygen atoms in total. The Morgan fingerprint density at radius 1 is 1.03 bits per heavy atom. The molecule has 1 aromatic heterocycles. The first-order chi connectivity index (χ1) is 16.4. The van der Waals surface area contributed by atoms with Crippen molar-refractivity contribution in [1.82, 2.24) is 20.1 Å². The first-order valence-corrected chi connectivity index (χ1v) is 11.3. The number of amides is 2. The van der Waals surface area contributed by atoms with Gasteiger partial charge in [0.2, 0.25) is 5.91 Å². The van der Waals surface area contributed by atoms with Crippen molar-refractivity contribution in [3.05, 3.63) is 65.5 Å². The number of rotatable bonds is 10. The fourth-order valence-electron chi connectivity index (χ4n) is 2.99. The van der Waals surface area contributed by atoms with Crippen LogP contribution in [-0.2, 0) is 23.0 Å². The number of aromatic nitrogens is 3. The Balaban J connectivity index is 1.47. The second kappa shape index (κ2) is 11.8. The number of nitrogens with one attached hydrogen (secondary N) is 2. The van der Waals surface area contributed by atoms with Crippen molar-refractivity contribution in [3.63, 3.8) is 0 Å². The molecule has 0 aliphatic carbocycles. The van der Waals surface area contributed by atoms with Gasteiger partial charge in [-0.25, -0.2) is 4.79 Å². The Labute approximate surface area is 201 Å². The molecule has 3 aromatic rings. The lowest BCUT2D eigenvalue weighted by Gasteiger charge is -2.08. The minimum Gasteiger partial charge on any atom is -0.497 e. The molecule has 1 heterocycles. The number of ether oxygens (including phenoxy) is 2. The molecule has 0 fully saturated rings. The molecule has 2 amide bonds. The maximum absolute atomic E-state index is 12.3. The van der Waals surface area contributed by atoms with Crippen LogP contribution in [0.3, 0.4) is 0 Å². The second-order valence-electron chi connectivity index (χ2n) is 7.10. The third-order valence-corrected chi connectivity index (χ3v) is 5.83. The lowest BCUT2D eigenvalue weighted by molar-refractivity contribution is -0.113. The first-order valence-electron chi connectivity index (χ1n) is 10.3. The highest BCUT2D eigenvalue weighted by Crippen LogP contribution is 2.17. The van der Waals surface area contributed by atoms with Crippen LogP contribution in [0.2, 0.25) is 0 Å². The molecule has 34 heavy (non-hydrogen) atoms. The van der Waals surface area contributed by atoms with Gasteiger partial charge in [0.25, 0.3) is 5.91 Å². The van der Waals surface area contributed by atoms with E-state index in [9.17, 15) is 14.4 Å². The van der Waals surface area contributed by atoms with Gasteiger partial charge in [-0.05, 0) is 42.5 Å². The van der Waals surface area contributed by atoms with Crippen molar-refractivity contribution in [1.29, 1.82) is 0 Å². The summed E-state index contributed by atoms with van der Waals surface area (Å²) in [6.45, 7) is 0.387. The summed E-state index contributed by atoms with van der Waals surface area (Å²) >= 11 is 1.24. The number of nitrogens with zero attached hydrogens (tertiary/aromatic N) is 3. The second-order valence-corrected chi connectivity index (χ2v) is 8.04. The van der Waals surface area contributed by atoms with Gasteiger partial charge in [0.15, 0.2) is 5.16 Å². The third-order valence-electron chi connectivity index (χ3n) is 4.81. The fraction of sp³-hybridized carbons (Fsp3) is 0.261. The predicted molar refractivity (Wildman–Crippen MR) is 127 cm³/mol. The van der Waals surface area contributed by atoms with E-state index in [1.165, 1.54) is 18.9 Å². The van der Waals surface area contributed by atoms with Crippen molar-refractivity contribution in [2.24, 2.45) is 7.05 Å². The Morgan fingerprint density at radius 3 is 2.50 bits per heavy atom. The quantitative estimate of drug-likeness (QED) is 0.333. The third kappa shape index (κ3) is 6.58. The van der Waals surface area contributed by atoms with Crippen LogP contribution in [0.4, 0.5) is 5.69 Å². The van der Waals surface area contributed by atoms with Crippen LogP contribution < -0.4 is 15.4 Å². The number of benzene rings is 2. The summed E-state index contributed by atoms with van der Waals surface area (Å²) in [5.41, 5.74) is 1.39. The van der Waals surface area contributed by atoms with Crippen LogP contribution in [0.1, 0.15) is 26.5 Å². The Hall–Kier alpha value is -3.86. The van der Waals surface area contributed by atoms with E-state index in [0.29, 0.717) is 46.5 Å². The SMILES string of the molecule is COC(=O)c1cccc(NC(=O)CSc2nnc(CCNC(=O)c3ccc(OC)cc3)n2C)c1. The summed E-state index contributed by atoms with van der Waals surface area (Å²) in [6.07, 6.45) is 0.485. The van der Waals surface area contributed by atoms with Crippen molar-refractivity contribution >= 4 is 35.2 Å². The molecular formula is C23H25N5O5S. The molecule has 11 heteroatoms. The van der Waals surface area contributed by atoms with Crippen LogP contribution in [-0.4, -0.2) is 59.1 Å². The molecule has 2 aromatic carbocycles. The van der Waals surface area contributed by atoms with E-state index in [4.69, 9.17) is 4.74 Å². The van der Waals surface area contributed by atoms with Gasteiger partial charge in [0.1, 0.15) is 11.6 Å². The number of thioether (sulfide) groups is 1. The summed E-state index contributed by atoms with van der Waals surface area (Å²) < 4.78 is 11.6. The van der Waals surface area contributed by atoms with Gasteiger partial charge in [-0.2, -0.15) is 0 Å². The van der Waals surface area contributed by atoms with E-state index in [0.717, 1.165) is 0 Å². The Morgan fingerprint density at radius 2 is 1.79 bits per heavy atom. The molecule has 0 radical (unpaired) electrons. The maximum atomic E-state index is 12.3. The smallest absolute Gasteiger partial charge is 0.337 e. The van der Waals surface area contributed by atoms with E-state index < -0.39 is 5.97 Å². The molecule has 0 spiro atoms. The number of hydrogen-bond acceptors (Lipinski definition) is 8. The van der Waals surface area contributed by atoms with E-state index in [1.54, 1.807) is 67.3 Å². The van der Waals surface area contributed by atoms with Crippen LogP contribution in [0, 0.1) is 0 Å². The zero-order valence-corrected chi connectivity index (χ0v) is 19.8. The number of methoxy groups -OCH3 is 2. The molecular weight excluding hydrogens is 458 g/mol. The van der Waals surface area contributed by atoms with Crippen molar-refractivity contribution in [3.8, 4) is 5.75 Å². The van der Waals surface area contributed by atoms with E-state index >= 15 is 0 Å². The van der Waals surface area contributed by atoms with E-state index in [-0.39, 0.29) is 17.6 Å². The number of anilines is 1. The molecule has 2 N–H and O–H groups in total. The molecule has 0 saturated carbocycles. The normalized spacial score (nSPS) is 10.4. The van der Waals surface area contributed by atoms with Gasteiger partial charge in [0, 0.05) is 31.3 Å². The highest BCUT2D eigenvalue weighted by molar-refractivity contribution is 7.99. The Kier molecular flexibility index (Phi) is 8.63. The molecule has 0 bridgehead atoms. The average Bonchev–Trinajstić information content (AvgIpc) is 3.21. The minimum atomic E-state index is -0.475. The topological polar surface area (TPSA) is 124 Å². The van der Waals surface area contributed by atoms with E-state index in [2.05, 4.69) is 25.6 Å². The molecule has 0 saturated heterocycles. The van der Waals surface area contributed by atoms with Gasteiger partial charge in [-0.3, -0.25) is 9.59 Å². The highest BCUT2D eigenvalue weighted by Gasteiger charge is 2.13. The number of hydrogen-bond donors (Lipinski definition) is 2. The Bertz CT molecular complexity index is 1160. The number of carbonyl (C=O) groups excluding carboxylic acids is 3. The molecule has 0 atom stereocenters. The molecule has 0 unspecified atom stereocenters. The number of carbonyl (C=O) groups is 3. The lowest BCUT2D eigenvalue weighted by Crippen LogP contribution is -2.26. The standard InChI is InChI=1S/C23H25N5O5S/c1-28-19(11-12-24-21(30)15-7-9-18(32-2)10-8-15)26-27-23(28)34-14-20(29)25-17-6-4-5-16(13-17)22(31)33-3/h4-10,13H,11-12,14H2,1-3H3,(H,24,30)(H,25,29). The summed E-state index contributed by atoms with van der Waals surface area (Å²) in [4.78, 5) is 36.2. The minimum absolute atomic E-state index is 0.114. The molecule has 0 aliphatic heterocycles. The van der Waals surface area contributed by atoms with Crippen LogP contribution >= 0.6 is 11.8 Å². The summed E-state index contributed by atoms with van der Waals surface area (Å²) in [6, 6.07) is 13.4. The summed E-state index contributed by atoms with van der Waals surface area (Å²) in [7, 11) is 4.68. The van der Waals surface area contributed by atoms with Gasteiger partial charge in [-0.15, -0.1) is 10.2 Å². The molecule has 3 rings (SSSR count). The zero-order chi connectivity index (χ0) is 24.5. The monoisotopic (exact) mass is 483 g/mol. The molecule has 178 valence electrons. The van der Waals surface area contributed by atoms with Gasteiger partial charge >= 0.3 is 5.97 Å². The highest BCUT2D eigenvalue weighted by atomic mass is 32.2.